The third-order valence-electron chi connectivity index (χ3n) is 4.57. The SMILES string of the molecule is C.C.C.C.C.C.C(#Cc1ccc(C#Cc2ccc(Cc3ccccc3)cc2)cc1)c1ccccc1.CC.CC.CC.CC.CC.CC.CCN.CCN. The summed E-state index contributed by atoms with van der Waals surface area (Å²) in [5.41, 5.74) is 16.3. The van der Waals surface area contributed by atoms with Crippen LogP contribution in [0.25, 0.3) is 0 Å². The molecule has 0 amide bonds. The fraction of sp³-hybridized carbons (Fsp3) is 0.451. The molecule has 0 unspecified atom stereocenters. The molecule has 0 aliphatic heterocycles. The molecule has 4 rings (SSSR count). The van der Waals surface area contributed by atoms with E-state index in [0.717, 1.165) is 41.8 Å². The molecule has 4 aromatic carbocycles. The Bertz CT molecular complexity index is 1220. The number of hydrogen-bond acceptors (Lipinski definition) is 2. The number of hydrogen-bond donors (Lipinski definition) is 2. The van der Waals surface area contributed by atoms with Crippen LogP contribution in [0.15, 0.2) is 109 Å². The lowest BCUT2D eigenvalue weighted by molar-refractivity contribution is 1.14. The van der Waals surface area contributed by atoms with Crippen molar-refractivity contribution >= 4 is 0 Å². The zero-order chi connectivity index (χ0) is 37.1. The van der Waals surface area contributed by atoms with Crippen LogP contribution in [0.2, 0.25) is 0 Å². The summed E-state index contributed by atoms with van der Waals surface area (Å²) in [7, 11) is 0. The first kappa shape index (κ1) is 78.1. The Balaban J connectivity index is -0.0000000714. The summed E-state index contributed by atoms with van der Waals surface area (Å²) in [6.45, 7) is 29.3. The van der Waals surface area contributed by atoms with E-state index in [9.17, 15) is 0 Å². The zero-order valence-corrected chi connectivity index (χ0v) is 32.7. The third kappa shape index (κ3) is 47.9. The maximum absolute atomic E-state index is 4.85. The van der Waals surface area contributed by atoms with Crippen LogP contribution in [0.4, 0.5) is 0 Å². The van der Waals surface area contributed by atoms with Crippen LogP contribution in [0.5, 0.6) is 0 Å². The molecule has 0 spiro atoms. The summed E-state index contributed by atoms with van der Waals surface area (Å²) in [6.07, 6.45) is 0.944. The lowest BCUT2D eigenvalue weighted by atomic mass is 10.0. The minimum absolute atomic E-state index is 0. The molecule has 0 fully saturated rings. The quantitative estimate of drug-likeness (QED) is 0.201. The summed E-state index contributed by atoms with van der Waals surface area (Å²) in [5, 5.41) is 0. The molecule has 53 heavy (non-hydrogen) atoms. The van der Waals surface area contributed by atoms with Crippen molar-refractivity contribution in [2.24, 2.45) is 11.5 Å². The standard InChI is InChI=1S/C29H20.2C2H7N.6C2H6.6CH4/c1-3-7-24(8-4-1)11-12-25-13-15-26(16-14-25)17-18-27-19-21-29(22-20-27)23-28-9-5-2-6-10-28;2*1-2-3;6*1-2;;;;;;/h1-10,13-16,19-22H,23H2;2*2-3H2,1H3;6*1-2H3;6*1H4. The second kappa shape index (κ2) is 69.6. The normalized spacial score (nSPS) is 6.64. The summed E-state index contributed by atoms with van der Waals surface area (Å²) < 4.78 is 0. The predicted molar refractivity (Wildman–Crippen MR) is 258 cm³/mol. The number of nitrogens with two attached hydrogens (primary N) is 2. The average Bonchev–Trinajstić information content (AvgIpc) is 3.17. The molecule has 4 N–H and O–H groups in total. The Labute approximate surface area is 337 Å². The Morgan fingerprint density at radius 1 is 0.321 bits per heavy atom. The Kier molecular flexibility index (Phi) is 103. The summed E-state index contributed by atoms with van der Waals surface area (Å²) in [4.78, 5) is 0. The molecule has 4 aromatic rings. The maximum atomic E-state index is 4.85. The smallest absolute Gasteiger partial charge is 0.0249 e. The van der Waals surface area contributed by atoms with Gasteiger partial charge in [0.25, 0.3) is 0 Å². The minimum atomic E-state index is 0. The highest BCUT2D eigenvalue weighted by atomic mass is 14.5. The van der Waals surface area contributed by atoms with Crippen molar-refractivity contribution in [2.75, 3.05) is 13.1 Å². The van der Waals surface area contributed by atoms with Crippen molar-refractivity contribution in [1.29, 1.82) is 0 Å². The summed E-state index contributed by atoms with van der Waals surface area (Å²) >= 11 is 0. The van der Waals surface area contributed by atoms with Crippen molar-refractivity contribution in [3.63, 3.8) is 0 Å². The van der Waals surface area contributed by atoms with E-state index in [1.54, 1.807) is 0 Å². The lowest BCUT2D eigenvalue weighted by Gasteiger charge is -2.01. The van der Waals surface area contributed by atoms with Crippen LogP contribution >= 0.6 is 0 Å². The molecule has 0 aliphatic carbocycles. The molecule has 2 nitrogen and oxygen atoms in total. The predicted octanol–water partition coefficient (Wildman–Crippen LogP) is 16.0. The van der Waals surface area contributed by atoms with Crippen molar-refractivity contribution in [3.05, 3.63) is 143 Å². The average molecular weight is 735 g/mol. The molecule has 0 saturated heterocycles. The van der Waals surface area contributed by atoms with Gasteiger partial charge in [-0.25, -0.2) is 0 Å². The van der Waals surface area contributed by atoms with Gasteiger partial charge in [-0.1, -0.05) is 226 Å². The third-order valence-corrected chi connectivity index (χ3v) is 4.57. The van der Waals surface area contributed by atoms with Gasteiger partial charge in [-0.2, -0.15) is 0 Å². The van der Waals surface area contributed by atoms with E-state index in [1.807, 2.05) is 158 Å². The molecular weight excluding hydrogens is 641 g/mol. The summed E-state index contributed by atoms with van der Waals surface area (Å²) in [5.74, 6) is 12.8. The molecular formula is C51H94N2. The van der Waals surface area contributed by atoms with Gasteiger partial charge in [0.05, 0.1) is 0 Å². The highest BCUT2D eigenvalue weighted by Crippen LogP contribution is 2.11. The van der Waals surface area contributed by atoms with E-state index < -0.39 is 0 Å². The largest absolute Gasteiger partial charge is 0.331 e. The van der Waals surface area contributed by atoms with E-state index in [-0.39, 0.29) is 44.6 Å². The molecule has 308 valence electrons. The van der Waals surface area contributed by atoms with Gasteiger partial charge in [0.1, 0.15) is 0 Å². The van der Waals surface area contributed by atoms with E-state index in [1.165, 1.54) is 11.1 Å². The molecule has 0 heterocycles. The molecule has 0 aliphatic rings. The molecule has 0 radical (unpaired) electrons. The second-order valence-corrected chi connectivity index (χ2v) is 7.62. The monoisotopic (exact) mass is 735 g/mol. The highest BCUT2D eigenvalue weighted by molar-refractivity contribution is 5.48. The molecule has 0 bridgehead atoms. The van der Waals surface area contributed by atoms with Crippen molar-refractivity contribution < 1.29 is 0 Å². The van der Waals surface area contributed by atoms with Gasteiger partial charge in [-0.15, -0.1) is 0 Å². The minimum Gasteiger partial charge on any atom is -0.331 e. The van der Waals surface area contributed by atoms with E-state index in [0.29, 0.717) is 0 Å². The highest BCUT2D eigenvalue weighted by Gasteiger charge is 1.96. The van der Waals surface area contributed by atoms with Crippen molar-refractivity contribution in [1.82, 2.24) is 0 Å². The van der Waals surface area contributed by atoms with Gasteiger partial charge in [0, 0.05) is 22.3 Å². The topological polar surface area (TPSA) is 52.0 Å². The lowest BCUT2D eigenvalue weighted by Crippen LogP contribution is -1.87. The van der Waals surface area contributed by atoms with E-state index in [2.05, 4.69) is 72.2 Å². The fourth-order valence-corrected chi connectivity index (χ4v) is 2.98. The second-order valence-electron chi connectivity index (χ2n) is 7.62. The van der Waals surface area contributed by atoms with Gasteiger partial charge in [0.2, 0.25) is 0 Å². The maximum Gasteiger partial charge on any atom is 0.0249 e. The van der Waals surface area contributed by atoms with Gasteiger partial charge in [-0.05, 0) is 79.2 Å². The van der Waals surface area contributed by atoms with Crippen LogP contribution in [-0.4, -0.2) is 13.1 Å². The Morgan fingerprint density at radius 3 is 0.774 bits per heavy atom. The number of rotatable bonds is 2. The first-order valence-corrected chi connectivity index (χ1v) is 17.9. The fourth-order valence-electron chi connectivity index (χ4n) is 2.98. The molecule has 0 atom stereocenters. The van der Waals surface area contributed by atoms with Crippen molar-refractivity contribution in [3.8, 4) is 23.7 Å². The summed E-state index contributed by atoms with van der Waals surface area (Å²) in [6, 6.07) is 37.1. The van der Waals surface area contributed by atoms with E-state index >= 15 is 0 Å². The Hall–Kier alpha value is -4.08. The Morgan fingerprint density at radius 2 is 0.509 bits per heavy atom. The van der Waals surface area contributed by atoms with Gasteiger partial charge >= 0.3 is 0 Å². The van der Waals surface area contributed by atoms with Crippen LogP contribution in [0.3, 0.4) is 0 Å². The zero-order valence-electron chi connectivity index (χ0n) is 32.7. The van der Waals surface area contributed by atoms with Crippen LogP contribution in [0, 0.1) is 23.7 Å². The van der Waals surface area contributed by atoms with Crippen LogP contribution in [-0.2, 0) is 6.42 Å². The first-order chi connectivity index (χ1) is 23.2. The van der Waals surface area contributed by atoms with Crippen molar-refractivity contribution in [2.45, 2.75) is 148 Å². The number of benzene rings is 4. The van der Waals surface area contributed by atoms with E-state index in [4.69, 9.17) is 11.5 Å². The van der Waals surface area contributed by atoms with Gasteiger partial charge in [-0.3, -0.25) is 0 Å². The molecule has 0 saturated carbocycles. The molecule has 0 aromatic heterocycles. The van der Waals surface area contributed by atoms with Gasteiger partial charge in [0.15, 0.2) is 0 Å². The van der Waals surface area contributed by atoms with Crippen LogP contribution in [0.1, 0.15) is 175 Å². The van der Waals surface area contributed by atoms with Gasteiger partial charge < -0.3 is 11.5 Å². The first-order valence-electron chi connectivity index (χ1n) is 17.9. The molecule has 2 heteroatoms. The van der Waals surface area contributed by atoms with Crippen LogP contribution < -0.4 is 11.5 Å².